The Morgan fingerprint density at radius 2 is 1.73 bits per heavy atom. The van der Waals surface area contributed by atoms with Crippen LogP contribution in [0.4, 0.5) is 0 Å². The molecule has 0 saturated heterocycles. The largest absolute Gasteiger partial charge is 0.497 e. The molecule has 1 amide bonds. The van der Waals surface area contributed by atoms with Crippen molar-refractivity contribution in [1.82, 2.24) is 5.43 Å². The number of methoxy groups -OCH3 is 1. The van der Waals surface area contributed by atoms with Gasteiger partial charge in [-0.1, -0.05) is 12.1 Å². The topological polar surface area (TPSA) is 50.7 Å². The Labute approximate surface area is 130 Å². The lowest BCUT2D eigenvalue weighted by atomic mass is 10.00. The van der Waals surface area contributed by atoms with Gasteiger partial charge in [0.1, 0.15) is 5.75 Å². The summed E-state index contributed by atoms with van der Waals surface area (Å²) in [5.41, 5.74) is 7.73. The van der Waals surface area contributed by atoms with Gasteiger partial charge in [0.05, 0.1) is 13.3 Å². The molecule has 0 aliphatic carbocycles. The number of hydrogen-bond donors (Lipinski definition) is 1. The second-order valence-corrected chi connectivity index (χ2v) is 5.15. The Morgan fingerprint density at radius 3 is 2.36 bits per heavy atom. The van der Waals surface area contributed by atoms with Gasteiger partial charge in [-0.05, 0) is 67.3 Å². The zero-order valence-electron chi connectivity index (χ0n) is 13.3. The van der Waals surface area contributed by atoms with Crippen LogP contribution in [0.5, 0.6) is 5.75 Å². The average Bonchev–Trinajstić information content (AvgIpc) is 2.54. The van der Waals surface area contributed by atoms with Crippen molar-refractivity contribution in [1.29, 1.82) is 0 Å². The molecule has 0 bridgehead atoms. The maximum Gasteiger partial charge on any atom is 0.271 e. The third-order valence-corrected chi connectivity index (χ3v) is 3.82. The minimum absolute atomic E-state index is 0.250. The van der Waals surface area contributed by atoms with E-state index >= 15 is 0 Å². The van der Waals surface area contributed by atoms with Crippen molar-refractivity contribution < 1.29 is 9.53 Å². The highest BCUT2D eigenvalue weighted by Gasteiger charge is 2.05. The first-order valence-corrected chi connectivity index (χ1v) is 7.07. The van der Waals surface area contributed by atoms with Gasteiger partial charge in [-0.15, -0.1) is 0 Å². The molecule has 0 saturated carbocycles. The van der Waals surface area contributed by atoms with Gasteiger partial charge >= 0.3 is 0 Å². The predicted octanol–water partition coefficient (Wildman–Crippen LogP) is 3.38. The molecule has 0 unspecified atom stereocenters. The van der Waals surface area contributed by atoms with Crippen LogP contribution in [-0.2, 0) is 0 Å². The molecule has 114 valence electrons. The second kappa shape index (κ2) is 6.89. The minimum Gasteiger partial charge on any atom is -0.497 e. The smallest absolute Gasteiger partial charge is 0.271 e. The molecule has 22 heavy (non-hydrogen) atoms. The second-order valence-electron chi connectivity index (χ2n) is 5.15. The molecule has 1 N–H and O–H groups in total. The predicted molar refractivity (Wildman–Crippen MR) is 88.7 cm³/mol. The molecule has 0 radical (unpaired) electrons. The Bertz CT molecular complexity index is 704. The molecule has 0 heterocycles. The standard InChI is InChI=1S/C18H20N2O2/c1-12-5-6-16(14(3)13(12)2)11-19-20-18(21)15-7-9-17(22-4)10-8-15/h5-11H,1-4H3,(H,20,21)/b19-11-. The van der Waals surface area contributed by atoms with E-state index in [4.69, 9.17) is 4.74 Å². The number of nitrogens with zero attached hydrogens (tertiary/aromatic N) is 1. The van der Waals surface area contributed by atoms with Crippen molar-refractivity contribution in [3.63, 3.8) is 0 Å². The van der Waals surface area contributed by atoms with Crippen LogP contribution in [0.1, 0.15) is 32.6 Å². The number of amides is 1. The van der Waals surface area contributed by atoms with E-state index in [9.17, 15) is 4.79 Å². The molecule has 0 fully saturated rings. The van der Waals surface area contributed by atoms with Crippen molar-refractivity contribution >= 4 is 12.1 Å². The number of benzene rings is 2. The summed E-state index contributed by atoms with van der Waals surface area (Å²) in [5.74, 6) is 0.464. The van der Waals surface area contributed by atoms with E-state index in [-0.39, 0.29) is 5.91 Å². The fourth-order valence-electron chi connectivity index (χ4n) is 2.08. The Morgan fingerprint density at radius 1 is 1.05 bits per heavy atom. The SMILES string of the molecule is COc1ccc(C(=O)N/N=C\c2ccc(C)c(C)c2C)cc1. The number of nitrogens with one attached hydrogen (secondary N) is 1. The number of carbonyl (C=O) groups excluding carboxylic acids is 1. The van der Waals surface area contributed by atoms with Gasteiger partial charge in [0.25, 0.3) is 5.91 Å². The van der Waals surface area contributed by atoms with Gasteiger partial charge in [0, 0.05) is 5.56 Å². The fourth-order valence-corrected chi connectivity index (χ4v) is 2.08. The van der Waals surface area contributed by atoms with Gasteiger partial charge in [-0.2, -0.15) is 5.10 Å². The summed E-state index contributed by atoms with van der Waals surface area (Å²) in [4.78, 5) is 12.0. The third-order valence-electron chi connectivity index (χ3n) is 3.82. The first-order chi connectivity index (χ1) is 10.5. The molecule has 0 atom stereocenters. The van der Waals surface area contributed by atoms with Crippen LogP contribution in [0.15, 0.2) is 41.5 Å². The molecule has 2 rings (SSSR count). The van der Waals surface area contributed by atoms with Crippen molar-refractivity contribution in [2.75, 3.05) is 7.11 Å². The summed E-state index contributed by atoms with van der Waals surface area (Å²) < 4.78 is 5.06. The molecule has 0 spiro atoms. The average molecular weight is 296 g/mol. The lowest BCUT2D eigenvalue weighted by Gasteiger charge is -2.07. The van der Waals surface area contributed by atoms with Crippen LogP contribution in [0.2, 0.25) is 0 Å². The number of hydrazone groups is 1. The van der Waals surface area contributed by atoms with Gasteiger partial charge in [0.2, 0.25) is 0 Å². The van der Waals surface area contributed by atoms with Crippen molar-refractivity contribution in [3.8, 4) is 5.75 Å². The van der Waals surface area contributed by atoms with E-state index in [2.05, 4.69) is 37.4 Å². The van der Waals surface area contributed by atoms with E-state index in [0.717, 1.165) is 5.56 Å². The van der Waals surface area contributed by atoms with Crippen LogP contribution in [-0.4, -0.2) is 19.2 Å². The zero-order chi connectivity index (χ0) is 16.1. The van der Waals surface area contributed by atoms with Crippen molar-refractivity contribution in [2.24, 2.45) is 5.10 Å². The van der Waals surface area contributed by atoms with E-state index in [1.807, 2.05) is 6.07 Å². The van der Waals surface area contributed by atoms with E-state index in [1.165, 1.54) is 16.7 Å². The highest BCUT2D eigenvalue weighted by atomic mass is 16.5. The Balaban J connectivity index is 2.05. The lowest BCUT2D eigenvalue weighted by molar-refractivity contribution is 0.0955. The first kappa shape index (κ1) is 15.8. The number of rotatable bonds is 4. The quantitative estimate of drug-likeness (QED) is 0.694. The molecule has 0 aliphatic rings. The van der Waals surface area contributed by atoms with Crippen LogP contribution >= 0.6 is 0 Å². The minimum atomic E-state index is -0.250. The van der Waals surface area contributed by atoms with Crippen molar-refractivity contribution in [3.05, 3.63) is 64.2 Å². The number of aryl methyl sites for hydroxylation is 1. The van der Waals surface area contributed by atoms with E-state index in [1.54, 1.807) is 37.6 Å². The Kier molecular flexibility index (Phi) is 4.94. The lowest BCUT2D eigenvalue weighted by Crippen LogP contribution is -2.17. The summed E-state index contributed by atoms with van der Waals surface area (Å²) in [6.07, 6.45) is 1.67. The third kappa shape index (κ3) is 3.52. The maximum absolute atomic E-state index is 12.0. The maximum atomic E-state index is 12.0. The van der Waals surface area contributed by atoms with Crippen molar-refractivity contribution in [2.45, 2.75) is 20.8 Å². The molecule has 4 nitrogen and oxygen atoms in total. The summed E-state index contributed by atoms with van der Waals surface area (Å²) in [6.45, 7) is 6.21. The van der Waals surface area contributed by atoms with Crippen LogP contribution in [0.25, 0.3) is 0 Å². The molecular weight excluding hydrogens is 276 g/mol. The molecule has 0 aromatic heterocycles. The molecule has 0 aliphatic heterocycles. The highest BCUT2D eigenvalue weighted by molar-refractivity contribution is 5.95. The van der Waals surface area contributed by atoms with Gasteiger partial charge in [-0.3, -0.25) is 4.79 Å². The molecular formula is C18H20N2O2. The Hall–Kier alpha value is -2.62. The van der Waals surface area contributed by atoms with Gasteiger partial charge in [-0.25, -0.2) is 5.43 Å². The highest BCUT2D eigenvalue weighted by Crippen LogP contribution is 2.15. The van der Waals surface area contributed by atoms with Crippen LogP contribution < -0.4 is 10.2 Å². The summed E-state index contributed by atoms with van der Waals surface area (Å²) in [7, 11) is 1.59. The van der Waals surface area contributed by atoms with E-state index < -0.39 is 0 Å². The monoisotopic (exact) mass is 296 g/mol. The van der Waals surface area contributed by atoms with Crippen LogP contribution in [0.3, 0.4) is 0 Å². The number of hydrogen-bond acceptors (Lipinski definition) is 3. The molecule has 2 aromatic rings. The normalized spacial score (nSPS) is 10.7. The van der Waals surface area contributed by atoms with Crippen LogP contribution in [0, 0.1) is 20.8 Å². The van der Waals surface area contributed by atoms with Gasteiger partial charge < -0.3 is 4.74 Å². The summed E-state index contributed by atoms with van der Waals surface area (Å²) >= 11 is 0. The summed E-state index contributed by atoms with van der Waals surface area (Å²) in [6, 6.07) is 10.9. The number of carbonyl (C=O) groups is 1. The fraction of sp³-hybridized carbons (Fsp3) is 0.222. The van der Waals surface area contributed by atoms with Gasteiger partial charge in [0.15, 0.2) is 0 Å². The number of ether oxygens (including phenoxy) is 1. The molecule has 4 heteroatoms. The van der Waals surface area contributed by atoms with E-state index in [0.29, 0.717) is 11.3 Å². The summed E-state index contributed by atoms with van der Waals surface area (Å²) in [5, 5.41) is 4.04. The zero-order valence-corrected chi connectivity index (χ0v) is 13.3. The molecule has 2 aromatic carbocycles. The first-order valence-electron chi connectivity index (χ1n) is 7.07.